The maximum atomic E-state index is 10.8. The molecule has 6 heteroatoms. The molecule has 0 atom stereocenters. The van der Waals surface area contributed by atoms with Crippen LogP contribution < -0.4 is 9.47 Å². The number of ether oxygens (including phenoxy) is 2. The normalized spacial score (nSPS) is 9.89. The molecule has 6 nitrogen and oxygen atoms in total. The summed E-state index contributed by atoms with van der Waals surface area (Å²) in [6.07, 6.45) is 4.13. The molecule has 18 heavy (non-hydrogen) atoms. The van der Waals surface area contributed by atoms with Crippen molar-refractivity contribution >= 4 is 12.4 Å². The van der Waals surface area contributed by atoms with Crippen LogP contribution in [0.3, 0.4) is 0 Å². The molecule has 1 aromatic rings. The first kappa shape index (κ1) is 13.6. The highest BCUT2D eigenvalue weighted by Gasteiger charge is 2.09. The molecular formula is C12H13N3O3. The summed E-state index contributed by atoms with van der Waals surface area (Å²) in [5, 5.41) is 3.39. The third-order valence-electron chi connectivity index (χ3n) is 2.24. The Morgan fingerprint density at radius 2 is 1.94 bits per heavy atom. The Bertz CT molecular complexity index is 480. The fraction of sp³-hybridized carbons (Fsp3) is 0.250. The van der Waals surface area contributed by atoms with Crippen molar-refractivity contribution in [3.8, 4) is 11.5 Å². The molecule has 0 fully saturated rings. The van der Waals surface area contributed by atoms with Crippen molar-refractivity contribution < 1.29 is 14.3 Å². The summed E-state index contributed by atoms with van der Waals surface area (Å²) in [6, 6.07) is 3.23. The van der Waals surface area contributed by atoms with E-state index in [1.165, 1.54) is 14.2 Å². The number of rotatable bonds is 6. The van der Waals surface area contributed by atoms with Gasteiger partial charge < -0.3 is 9.47 Å². The summed E-state index contributed by atoms with van der Waals surface area (Å²) in [5.41, 5.74) is 9.33. The third-order valence-corrected chi connectivity index (χ3v) is 2.24. The van der Waals surface area contributed by atoms with E-state index in [1.54, 1.807) is 24.3 Å². The lowest BCUT2D eigenvalue weighted by molar-refractivity contribution is 0.112. The SMILES string of the molecule is COc1cc(C=O)cc(OC)c1C=CCN=[N+]=[N-]. The van der Waals surface area contributed by atoms with Gasteiger partial charge in [0.2, 0.25) is 0 Å². The first-order valence-electron chi connectivity index (χ1n) is 5.15. The Morgan fingerprint density at radius 3 is 2.39 bits per heavy atom. The number of hydrogen-bond donors (Lipinski definition) is 0. The topological polar surface area (TPSA) is 84.3 Å². The van der Waals surface area contributed by atoms with Crippen LogP contribution in [0.5, 0.6) is 11.5 Å². The monoisotopic (exact) mass is 247 g/mol. The Labute approximate surface area is 104 Å². The van der Waals surface area contributed by atoms with E-state index < -0.39 is 0 Å². The van der Waals surface area contributed by atoms with E-state index in [0.29, 0.717) is 22.6 Å². The van der Waals surface area contributed by atoms with E-state index in [4.69, 9.17) is 15.0 Å². The lowest BCUT2D eigenvalue weighted by Crippen LogP contribution is -1.95. The fourth-order valence-electron chi connectivity index (χ4n) is 1.45. The minimum absolute atomic E-state index is 0.234. The highest BCUT2D eigenvalue weighted by atomic mass is 16.5. The van der Waals surface area contributed by atoms with Gasteiger partial charge in [0.15, 0.2) is 0 Å². The third kappa shape index (κ3) is 3.26. The van der Waals surface area contributed by atoms with Gasteiger partial charge in [-0.05, 0) is 17.7 Å². The number of hydrogen-bond acceptors (Lipinski definition) is 4. The summed E-state index contributed by atoms with van der Waals surface area (Å²) in [7, 11) is 3.02. The maximum Gasteiger partial charge on any atom is 0.150 e. The first-order chi connectivity index (χ1) is 8.76. The molecule has 0 saturated heterocycles. The average Bonchev–Trinajstić information content (AvgIpc) is 2.42. The predicted octanol–water partition coefficient (Wildman–Crippen LogP) is 2.84. The van der Waals surface area contributed by atoms with E-state index in [9.17, 15) is 4.79 Å². The fourth-order valence-corrected chi connectivity index (χ4v) is 1.45. The lowest BCUT2D eigenvalue weighted by Gasteiger charge is -2.11. The van der Waals surface area contributed by atoms with Crippen molar-refractivity contribution in [3.63, 3.8) is 0 Å². The molecule has 0 aliphatic rings. The lowest BCUT2D eigenvalue weighted by atomic mass is 10.1. The molecule has 0 N–H and O–H groups in total. The average molecular weight is 247 g/mol. The van der Waals surface area contributed by atoms with Crippen molar-refractivity contribution in [2.45, 2.75) is 0 Å². The van der Waals surface area contributed by atoms with E-state index in [-0.39, 0.29) is 6.54 Å². The molecule has 0 unspecified atom stereocenters. The zero-order valence-electron chi connectivity index (χ0n) is 10.2. The zero-order chi connectivity index (χ0) is 13.4. The molecule has 1 rings (SSSR count). The van der Waals surface area contributed by atoms with Gasteiger partial charge in [-0.2, -0.15) is 0 Å². The number of benzene rings is 1. The molecule has 0 heterocycles. The van der Waals surface area contributed by atoms with Crippen LogP contribution in [0.2, 0.25) is 0 Å². The van der Waals surface area contributed by atoms with Gasteiger partial charge in [0, 0.05) is 17.0 Å². The number of aldehydes is 1. The second-order valence-electron chi connectivity index (χ2n) is 3.27. The number of carbonyl (C=O) groups is 1. The number of nitrogens with zero attached hydrogens (tertiary/aromatic N) is 3. The molecule has 0 aromatic heterocycles. The minimum atomic E-state index is 0.234. The largest absolute Gasteiger partial charge is 0.496 e. The van der Waals surface area contributed by atoms with E-state index in [2.05, 4.69) is 10.0 Å². The van der Waals surface area contributed by atoms with Gasteiger partial charge in [-0.15, -0.1) is 0 Å². The predicted molar refractivity (Wildman–Crippen MR) is 68.0 cm³/mol. The standard InChI is InChI=1S/C12H13N3O3/c1-17-11-6-9(8-16)7-12(18-2)10(11)4-3-5-14-15-13/h3-4,6-8H,5H2,1-2H3. The summed E-state index contributed by atoms with van der Waals surface area (Å²) in [5.74, 6) is 1.04. The molecule has 0 aliphatic carbocycles. The number of methoxy groups -OCH3 is 2. The molecule has 0 saturated carbocycles. The van der Waals surface area contributed by atoms with E-state index in [0.717, 1.165) is 6.29 Å². The Morgan fingerprint density at radius 1 is 1.33 bits per heavy atom. The van der Waals surface area contributed by atoms with Gasteiger partial charge in [0.1, 0.15) is 17.8 Å². The summed E-state index contributed by atoms with van der Waals surface area (Å²) in [4.78, 5) is 13.4. The second-order valence-corrected chi connectivity index (χ2v) is 3.27. The zero-order valence-corrected chi connectivity index (χ0v) is 10.2. The van der Waals surface area contributed by atoms with Crippen molar-refractivity contribution in [2.75, 3.05) is 20.8 Å². The van der Waals surface area contributed by atoms with Crippen LogP contribution in [-0.4, -0.2) is 27.1 Å². The van der Waals surface area contributed by atoms with Gasteiger partial charge in [-0.3, -0.25) is 4.79 Å². The maximum absolute atomic E-state index is 10.8. The van der Waals surface area contributed by atoms with Crippen molar-refractivity contribution in [2.24, 2.45) is 5.11 Å². The van der Waals surface area contributed by atoms with Crippen LogP contribution in [0.4, 0.5) is 0 Å². The smallest absolute Gasteiger partial charge is 0.150 e. The van der Waals surface area contributed by atoms with Gasteiger partial charge in [-0.25, -0.2) is 0 Å². The molecule has 0 radical (unpaired) electrons. The Hall–Kier alpha value is -2.46. The van der Waals surface area contributed by atoms with Crippen LogP contribution in [0.15, 0.2) is 23.3 Å². The quantitative estimate of drug-likeness (QED) is 0.335. The molecule has 0 bridgehead atoms. The first-order valence-corrected chi connectivity index (χ1v) is 5.15. The summed E-state index contributed by atoms with van der Waals surface area (Å²) in [6.45, 7) is 0.234. The van der Waals surface area contributed by atoms with Gasteiger partial charge in [-0.1, -0.05) is 17.3 Å². The number of carbonyl (C=O) groups excluding carboxylic acids is 1. The molecule has 0 aliphatic heterocycles. The summed E-state index contributed by atoms with van der Waals surface area (Å²) < 4.78 is 10.4. The van der Waals surface area contributed by atoms with Gasteiger partial charge >= 0.3 is 0 Å². The highest BCUT2D eigenvalue weighted by molar-refractivity contribution is 5.79. The molecule has 94 valence electrons. The number of azide groups is 1. The van der Waals surface area contributed by atoms with E-state index in [1.807, 2.05) is 0 Å². The summed E-state index contributed by atoms with van der Waals surface area (Å²) >= 11 is 0. The van der Waals surface area contributed by atoms with Gasteiger partial charge in [0.25, 0.3) is 0 Å². The van der Waals surface area contributed by atoms with Crippen LogP contribution in [0, 0.1) is 0 Å². The molecular weight excluding hydrogens is 234 g/mol. The van der Waals surface area contributed by atoms with Gasteiger partial charge in [0.05, 0.1) is 19.8 Å². The molecule has 0 spiro atoms. The Balaban J connectivity index is 3.17. The highest BCUT2D eigenvalue weighted by Crippen LogP contribution is 2.31. The molecule has 1 aromatic carbocycles. The molecule has 0 amide bonds. The van der Waals surface area contributed by atoms with E-state index >= 15 is 0 Å². The van der Waals surface area contributed by atoms with Crippen LogP contribution in [0.1, 0.15) is 15.9 Å². The van der Waals surface area contributed by atoms with Crippen LogP contribution >= 0.6 is 0 Å². The minimum Gasteiger partial charge on any atom is -0.496 e. The van der Waals surface area contributed by atoms with Crippen LogP contribution in [0.25, 0.3) is 16.5 Å². The van der Waals surface area contributed by atoms with Crippen molar-refractivity contribution in [1.29, 1.82) is 0 Å². The Kier molecular flexibility index (Phi) is 5.28. The van der Waals surface area contributed by atoms with Crippen LogP contribution in [-0.2, 0) is 0 Å². The van der Waals surface area contributed by atoms with Crippen molar-refractivity contribution in [3.05, 3.63) is 39.8 Å². The second kappa shape index (κ2) is 6.98. The van der Waals surface area contributed by atoms with Crippen molar-refractivity contribution in [1.82, 2.24) is 0 Å².